The summed E-state index contributed by atoms with van der Waals surface area (Å²) in [4.78, 5) is 23.3. The SMILES string of the molecule is C[C@H](N)C(=O)Oc1ccc(C(=O)OC(C)(C)C)c(Br)c1. The summed E-state index contributed by atoms with van der Waals surface area (Å²) in [7, 11) is 0. The molecule has 0 aliphatic heterocycles. The molecule has 110 valence electrons. The number of carbonyl (C=O) groups is 2. The van der Waals surface area contributed by atoms with E-state index in [1.807, 2.05) is 0 Å². The fourth-order valence-electron chi connectivity index (χ4n) is 1.27. The van der Waals surface area contributed by atoms with E-state index >= 15 is 0 Å². The molecule has 1 rings (SSSR count). The molecule has 6 heteroatoms. The van der Waals surface area contributed by atoms with E-state index in [1.165, 1.54) is 25.1 Å². The zero-order chi connectivity index (χ0) is 15.5. The molecule has 0 saturated carbocycles. The van der Waals surface area contributed by atoms with Crippen molar-refractivity contribution < 1.29 is 19.1 Å². The number of halogens is 1. The summed E-state index contributed by atoms with van der Waals surface area (Å²) in [5, 5.41) is 0. The van der Waals surface area contributed by atoms with Crippen molar-refractivity contribution in [2.75, 3.05) is 0 Å². The Balaban J connectivity index is 2.88. The van der Waals surface area contributed by atoms with Gasteiger partial charge in [-0.3, -0.25) is 0 Å². The van der Waals surface area contributed by atoms with Crippen molar-refractivity contribution >= 4 is 27.9 Å². The van der Waals surface area contributed by atoms with Gasteiger partial charge in [0.05, 0.1) is 5.56 Å². The van der Waals surface area contributed by atoms with E-state index in [-0.39, 0.29) is 0 Å². The fraction of sp³-hybridized carbons (Fsp3) is 0.429. The van der Waals surface area contributed by atoms with E-state index < -0.39 is 23.6 Å². The van der Waals surface area contributed by atoms with Crippen LogP contribution in [0.25, 0.3) is 0 Å². The van der Waals surface area contributed by atoms with E-state index in [0.29, 0.717) is 15.8 Å². The van der Waals surface area contributed by atoms with Crippen LogP contribution < -0.4 is 10.5 Å². The van der Waals surface area contributed by atoms with Crippen LogP contribution in [0.4, 0.5) is 0 Å². The second-order valence-corrected chi connectivity index (χ2v) is 6.21. The van der Waals surface area contributed by atoms with Crippen LogP contribution in [-0.2, 0) is 9.53 Å². The molecule has 0 unspecified atom stereocenters. The molecule has 0 aromatic heterocycles. The number of hydrogen-bond donors (Lipinski definition) is 1. The van der Waals surface area contributed by atoms with Gasteiger partial charge in [-0.25, -0.2) is 9.59 Å². The van der Waals surface area contributed by atoms with Gasteiger partial charge in [0.15, 0.2) is 0 Å². The number of benzene rings is 1. The predicted octanol–water partition coefficient (Wildman–Crippen LogP) is 2.66. The Hall–Kier alpha value is -1.40. The van der Waals surface area contributed by atoms with Crippen LogP contribution in [0.15, 0.2) is 22.7 Å². The molecular formula is C14H18BrNO4. The Morgan fingerprint density at radius 3 is 2.35 bits per heavy atom. The van der Waals surface area contributed by atoms with Crippen molar-refractivity contribution in [3.05, 3.63) is 28.2 Å². The van der Waals surface area contributed by atoms with Crippen molar-refractivity contribution in [2.24, 2.45) is 5.73 Å². The van der Waals surface area contributed by atoms with Gasteiger partial charge in [0, 0.05) is 4.47 Å². The number of carbonyl (C=O) groups excluding carboxylic acids is 2. The number of nitrogens with two attached hydrogens (primary N) is 1. The maximum Gasteiger partial charge on any atom is 0.339 e. The summed E-state index contributed by atoms with van der Waals surface area (Å²) in [5.41, 5.74) is 5.20. The second kappa shape index (κ2) is 6.37. The molecule has 5 nitrogen and oxygen atoms in total. The van der Waals surface area contributed by atoms with Gasteiger partial charge in [0.25, 0.3) is 0 Å². The van der Waals surface area contributed by atoms with E-state index in [9.17, 15) is 9.59 Å². The molecule has 0 bridgehead atoms. The minimum Gasteiger partial charge on any atom is -0.456 e. The third-order valence-electron chi connectivity index (χ3n) is 2.15. The van der Waals surface area contributed by atoms with Crippen LogP contribution in [-0.4, -0.2) is 23.6 Å². The first-order valence-corrected chi connectivity index (χ1v) is 6.89. The topological polar surface area (TPSA) is 78.6 Å². The summed E-state index contributed by atoms with van der Waals surface area (Å²) in [6.07, 6.45) is 0. The molecule has 0 aliphatic rings. The molecular weight excluding hydrogens is 326 g/mol. The fourth-order valence-corrected chi connectivity index (χ4v) is 1.79. The van der Waals surface area contributed by atoms with Gasteiger partial charge in [0.2, 0.25) is 0 Å². The Kier molecular flexibility index (Phi) is 5.30. The van der Waals surface area contributed by atoms with Gasteiger partial charge < -0.3 is 15.2 Å². The number of rotatable bonds is 3. The van der Waals surface area contributed by atoms with Crippen molar-refractivity contribution in [3.8, 4) is 5.75 Å². The molecule has 20 heavy (non-hydrogen) atoms. The monoisotopic (exact) mass is 343 g/mol. The molecule has 1 aromatic carbocycles. The van der Waals surface area contributed by atoms with Crippen LogP contribution in [0.5, 0.6) is 5.75 Å². The lowest BCUT2D eigenvalue weighted by molar-refractivity contribution is -0.135. The predicted molar refractivity (Wildman–Crippen MR) is 78.6 cm³/mol. The Morgan fingerprint density at radius 2 is 1.90 bits per heavy atom. The van der Waals surface area contributed by atoms with Crippen molar-refractivity contribution in [2.45, 2.75) is 39.3 Å². The lowest BCUT2D eigenvalue weighted by Crippen LogP contribution is -2.30. The average molecular weight is 344 g/mol. The summed E-state index contributed by atoms with van der Waals surface area (Å²) >= 11 is 3.26. The van der Waals surface area contributed by atoms with E-state index in [4.69, 9.17) is 15.2 Å². The number of ether oxygens (including phenoxy) is 2. The van der Waals surface area contributed by atoms with Gasteiger partial charge >= 0.3 is 11.9 Å². The van der Waals surface area contributed by atoms with Crippen LogP contribution in [0.2, 0.25) is 0 Å². The summed E-state index contributed by atoms with van der Waals surface area (Å²) < 4.78 is 10.8. The molecule has 0 spiro atoms. The average Bonchev–Trinajstić information content (AvgIpc) is 2.26. The first-order chi connectivity index (χ1) is 9.10. The molecule has 0 fully saturated rings. The highest BCUT2D eigenvalue weighted by Crippen LogP contribution is 2.25. The normalized spacial score (nSPS) is 12.7. The molecule has 1 atom stereocenters. The lowest BCUT2D eigenvalue weighted by atomic mass is 10.1. The van der Waals surface area contributed by atoms with Crippen molar-refractivity contribution in [3.63, 3.8) is 0 Å². The second-order valence-electron chi connectivity index (χ2n) is 5.35. The zero-order valence-electron chi connectivity index (χ0n) is 11.9. The maximum atomic E-state index is 11.9. The maximum absolute atomic E-state index is 11.9. The van der Waals surface area contributed by atoms with E-state index in [0.717, 1.165) is 0 Å². The van der Waals surface area contributed by atoms with Gasteiger partial charge in [-0.1, -0.05) is 0 Å². The molecule has 0 aliphatic carbocycles. The third kappa shape index (κ3) is 4.94. The summed E-state index contributed by atoms with van der Waals surface area (Å²) in [5.74, 6) is -0.678. The van der Waals surface area contributed by atoms with Gasteiger partial charge in [0.1, 0.15) is 17.4 Å². The molecule has 0 saturated heterocycles. The minimum absolute atomic E-state index is 0.312. The number of esters is 2. The largest absolute Gasteiger partial charge is 0.456 e. The third-order valence-corrected chi connectivity index (χ3v) is 2.81. The Bertz CT molecular complexity index is 520. The van der Waals surface area contributed by atoms with Crippen LogP contribution >= 0.6 is 15.9 Å². The first kappa shape index (κ1) is 16.7. The molecule has 2 N–H and O–H groups in total. The van der Waals surface area contributed by atoms with Gasteiger partial charge in [-0.2, -0.15) is 0 Å². The smallest absolute Gasteiger partial charge is 0.339 e. The summed E-state index contributed by atoms with van der Waals surface area (Å²) in [6.45, 7) is 6.90. The Labute approximate surface area is 126 Å². The summed E-state index contributed by atoms with van der Waals surface area (Å²) in [6, 6.07) is 3.87. The highest BCUT2D eigenvalue weighted by Gasteiger charge is 2.20. The molecule has 1 aromatic rings. The zero-order valence-corrected chi connectivity index (χ0v) is 13.5. The Morgan fingerprint density at radius 1 is 1.30 bits per heavy atom. The standard InChI is InChI=1S/C14H18BrNO4/c1-8(16)12(17)19-9-5-6-10(11(15)7-9)13(18)20-14(2,3)4/h5-8H,16H2,1-4H3/t8-/m0/s1. The first-order valence-electron chi connectivity index (χ1n) is 6.10. The minimum atomic E-state index is -0.709. The van der Waals surface area contributed by atoms with Crippen molar-refractivity contribution in [1.29, 1.82) is 0 Å². The van der Waals surface area contributed by atoms with Gasteiger partial charge in [-0.15, -0.1) is 0 Å². The van der Waals surface area contributed by atoms with Crippen LogP contribution in [0.1, 0.15) is 38.1 Å². The quantitative estimate of drug-likeness (QED) is 0.674. The van der Waals surface area contributed by atoms with Gasteiger partial charge in [-0.05, 0) is 61.8 Å². The highest BCUT2D eigenvalue weighted by molar-refractivity contribution is 9.10. The molecule has 0 radical (unpaired) electrons. The van der Waals surface area contributed by atoms with E-state index in [1.54, 1.807) is 20.8 Å². The molecule has 0 amide bonds. The highest BCUT2D eigenvalue weighted by atomic mass is 79.9. The van der Waals surface area contributed by atoms with Crippen LogP contribution in [0, 0.1) is 0 Å². The number of hydrogen-bond acceptors (Lipinski definition) is 5. The van der Waals surface area contributed by atoms with Crippen LogP contribution in [0.3, 0.4) is 0 Å². The van der Waals surface area contributed by atoms with E-state index in [2.05, 4.69) is 15.9 Å². The van der Waals surface area contributed by atoms with Crippen molar-refractivity contribution in [1.82, 2.24) is 0 Å². The lowest BCUT2D eigenvalue weighted by Gasteiger charge is -2.20. The molecule has 0 heterocycles.